The predicted octanol–water partition coefficient (Wildman–Crippen LogP) is 4.28. The van der Waals surface area contributed by atoms with Gasteiger partial charge in [0, 0.05) is 5.54 Å². The van der Waals surface area contributed by atoms with E-state index in [1.165, 1.54) is 4.31 Å². The summed E-state index contributed by atoms with van der Waals surface area (Å²) in [5.41, 5.74) is 0.920. The van der Waals surface area contributed by atoms with Crippen LogP contribution in [0.2, 0.25) is 0 Å². The summed E-state index contributed by atoms with van der Waals surface area (Å²) in [7, 11) is -3.85. The SMILES string of the molecule is Cc1ccc2c(c1)OC(C(=O)NC(C)(C)CC(C)(C)C)CN2S(=O)(=O)c1ccccc1. The van der Waals surface area contributed by atoms with Crippen molar-refractivity contribution < 1.29 is 17.9 Å². The molecule has 1 aliphatic heterocycles. The van der Waals surface area contributed by atoms with Crippen molar-refractivity contribution in [2.45, 2.75) is 64.5 Å². The zero-order chi connectivity index (χ0) is 23.0. The predicted molar refractivity (Wildman–Crippen MR) is 123 cm³/mol. The Hall–Kier alpha value is -2.54. The fourth-order valence-electron chi connectivity index (χ4n) is 4.23. The van der Waals surface area contributed by atoms with Gasteiger partial charge in [0.15, 0.2) is 6.10 Å². The van der Waals surface area contributed by atoms with Crippen LogP contribution < -0.4 is 14.4 Å². The Labute approximate surface area is 185 Å². The van der Waals surface area contributed by atoms with Crippen molar-refractivity contribution in [1.29, 1.82) is 0 Å². The number of carbonyl (C=O) groups excluding carboxylic acids is 1. The van der Waals surface area contributed by atoms with Gasteiger partial charge in [-0.15, -0.1) is 0 Å². The Morgan fingerprint density at radius 3 is 2.35 bits per heavy atom. The molecule has 1 aliphatic rings. The first-order valence-corrected chi connectivity index (χ1v) is 11.9. The number of hydrogen-bond acceptors (Lipinski definition) is 4. The maximum absolute atomic E-state index is 13.4. The lowest BCUT2D eigenvalue weighted by Gasteiger charge is -2.38. The molecule has 0 radical (unpaired) electrons. The topological polar surface area (TPSA) is 75.7 Å². The molecule has 1 heterocycles. The van der Waals surface area contributed by atoms with Gasteiger partial charge >= 0.3 is 0 Å². The number of fused-ring (bicyclic) bond motifs is 1. The van der Waals surface area contributed by atoms with Crippen molar-refractivity contribution in [3.8, 4) is 5.75 Å². The molecule has 7 heteroatoms. The molecule has 2 aromatic carbocycles. The minimum absolute atomic E-state index is 0.0244. The van der Waals surface area contributed by atoms with E-state index in [0.717, 1.165) is 12.0 Å². The molecule has 0 saturated heterocycles. The van der Waals surface area contributed by atoms with Gasteiger partial charge in [0.1, 0.15) is 5.75 Å². The molecule has 0 bridgehead atoms. The van der Waals surface area contributed by atoms with Gasteiger partial charge in [0.2, 0.25) is 0 Å². The fourth-order valence-corrected chi connectivity index (χ4v) is 5.73. The van der Waals surface area contributed by atoms with Crippen LogP contribution in [0.5, 0.6) is 5.75 Å². The number of anilines is 1. The highest BCUT2D eigenvalue weighted by Crippen LogP contribution is 2.38. The monoisotopic (exact) mass is 444 g/mol. The molecule has 6 nitrogen and oxygen atoms in total. The van der Waals surface area contributed by atoms with Crippen molar-refractivity contribution in [3.05, 3.63) is 54.1 Å². The van der Waals surface area contributed by atoms with Gasteiger partial charge in [0.05, 0.1) is 17.1 Å². The smallest absolute Gasteiger partial charge is 0.264 e. The molecule has 1 amide bonds. The molecule has 3 rings (SSSR count). The van der Waals surface area contributed by atoms with E-state index in [2.05, 4.69) is 26.1 Å². The number of benzene rings is 2. The number of hydrogen-bond donors (Lipinski definition) is 1. The van der Waals surface area contributed by atoms with Gasteiger partial charge in [-0.2, -0.15) is 0 Å². The van der Waals surface area contributed by atoms with Crippen molar-refractivity contribution in [2.24, 2.45) is 5.41 Å². The number of carbonyl (C=O) groups is 1. The van der Waals surface area contributed by atoms with E-state index < -0.39 is 21.7 Å². The molecular weight excluding hydrogens is 412 g/mol. The largest absolute Gasteiger partial charge is 0.476 e. The first-order chi connectivity index (χ1) is 14.3. The molecule has 0 aliphatic carbocycles. The van der Waals surface area contributed by atoms with Crippen LogP contribution in [0.3, 0.4) is 0 Å². The number of aryl methyl sites for hydroxylation is 1. The van der Waals surface area contributed by atoms with Crippen LogP contribution in [-0.2, 0) is 14.8 Å². The Bertz CT molecular complexity index is 1060. The van der Waals surface area contributed by atoms with Crippen molar-refractivity contribution in [2.75, 3.05) is 10.8 Å². The zero-order valence-corrected chi connectivity index (χ0v) is 19.9. The van der Waals surface area contributed by atoms with Crippen molar-refractivity contribution in [1.82, 2.24) is 5.32 Å². The maximum Gasteiger partial charge on any atom is 0.264 e. The highest BCUT2D eigenvalue weighted by Gasteiger charge is 2.39. The minimum Gasteiger partial charge on any atom is -0.476 e. The second-order valence-corrected chi connectivity index (χ2v) is 11.9. The quantitative estimate of drug-likeness (QED) is 0.747. The van der Waals surface area contributed by atoms with E-state index in [4.69, 9.17) is 4.74 Å². The second kappa shape index (κ2) is 8.19. The molecule has 0 fully saturated rings. The lowest BCUT2D eigenvalue weighted by atomic mass is 9.81. The Morgan fingerprint density at radius 2 is 1.74 bits per heavy atom. The van der Waals surface area contributed by atoms with Crippen LogP contribution in [0, 0.1) is 12.3 Å². The van der Waals surface area contributed by atoms with Crippen LogP contribution in [0.15, 0.2) is 53.4 Å². The summed E-state index contributed by atoms with van der Waals surface area (Å²) in [6.45, 7) is 12.1. The molecule has 1 unspecified atom stereocenters. The molecule has 0 saturated carbocycles. The third-order valence-corrected chi connectivity index (χ3v) is 6.84. The third kappa shape index (κ3) is 5.39. The van der Waals surface area contributed by atoms with Gasteiger partial charge < -0.3 is 10.1 Å². The Kier molecular flexibility index (Phi) is 6.11. The number of rotatable bonds is 5. The average molecular weight is 445 g/mol. The summed E-state index contributed by atoms with van der Waals surface area (Å²) in [4.78, 5) is 13.3. The van der Waals surface area contributed by atoms with Crippen molar-refractivity contribution in [3.63, 3.8) is 0 Å². The van der Waals surface area contributed by atoms with Crippen LogP contribution >= 0.6 is 0 Å². The molecule has 1 N–H and O–H groups in total. The maximum atomic E-state index is 13.4. The van der Waals surface area contributed by atoms with Crippen LogP contribution in [0.4, 0.5) is 5.69 Å². The molecule has 1 atom stereocenters. The molecular formula is C24H32N2O4S. The van der Waals surface area contributed by atoms with Crippen LogP contribution in [0.1, 0.15) is 46.6 Å². The van der Waals surface area contributed by atoms with E-state index in [1.54, 1.807) is 42.5 Å². The van der Waals surface area contributed by atoms with Gasteiger partial charge in [-0.25, -0.2) is 8.42 Å². The average Bonchev–Trinajstić information content (AvgIpc) is 2.65. The van der Waals surface area contributed by atoms with Gasteiger partial charge in [0.25, 0.3) is 15.9 Å². The Balaban J connectivity index is 1.94. The summed E-state index contributed by atoms with van der Waals surface area (Å²) in [5.74, 6) is 0.0641. The highest BCUT2D eigenvalue weighted by atomic mass is 32.2. The first-order valence-electron chi connectivity index (χ1n) is 10.5. The summed E-state index contributed by atoms with van der Waals surface area (Å²) < 4.78 is 34.1. The van der Waals surface area contributed by atoms with E-state index >= 15 is 0 Å². The third-order valence-electron chi connectivity index (χ3n) is 5.04. The van der Waals surface area contributed by atoms with E-state index in [9.17, 15) is 13.2 Å². The van der Waals surface area contributed by atoms with E-state index in [0.29, 0.717) is 11.4 Å². The molecule has 31 heavy (non-hydrogen) atoms. The number of amides is 1. The van der Waals surface area contributed by atoms with Gasteiger partial charge in [-0.05, 0) is 62.4 Å². The summed E-state index contributed by atoms with van der Waals surface area (Å²) in [6, 6.07) is 13.6. The fraction of sp³-hybridized carbons (Fsp3) is 0.458. The minimum atomic E-state index is -3.85. The number of sulfonamides is 1. The summed E-state index contributed by atoms with van der Waals surface area (Å²) >= 11 is 0. The van der Waals surface area contributed by atoms with Crippen LogP contribution in [0.25, 0.3) is 0 Å². The molecule has 0 spiro atoms. The standard InChI is InChI=1S/C24H32N2O4S/c1-17-12-13-19-20(14-17)30-21(22(27)25-24(5,6)16-23(2,3)4)15-26(19)31(28,29)18-10-8-7-9-11-18/h7-14,21H,15-16H2,1-6H3,(H,25,27). The molecule has 0 aromatic heterocycles. The van der Waals surface area contributed by atoms with Crippen molar-refractivity contribution >= 4 is 21.6 Å². The number of nitrogens with zero attached hydrogens (tertiary/aromatic N) is 1. The second-order valence-electron chi connectivity index (χ2n) is 10.0. The lowest BCUT2D eigenvalue weighted by Crippen LogP contribution is -2.55. The number of nitrogens with one attached hydrogen (secondary N) is 1. The van der Waals surface area contributed by atoms with E-state index in [1.807, 2.05) is 26.8 Å². The first kappa shape index (κ1) is 23.1. The Morgan fingerprint density at radius 1 is 1.10 bits per heavy atom. The summed E-state index contributed by atoms with van der Waals surface area (Å²) in [6.07, 6.45) is -0.188. The molecule has 168 valence electrons. The number of ether oxygens (including phenoxy) is 1. The van der Waals surface area contributed by atoms with Gasteiger partial charge in [-0.1, -0.05) is 45.0 Å². The highest BCUT2D eigenvalue weighted by molar-refractivity contribution is 7.92. The van der Waals surface area contributed by atoms with E-state index in [-0.39, 0.29) is 22.8 Å². The normalized spacial score (nSPS) is 17.0. The summed E-state index contributed by atoms with van der Waals surface area (Å²) in [5, 5.41) is 3.05. The van der Waals surface area contributed by atoms with Crippen LogP contribution in [-0.4, -0.2) is 32.5 Å². The molecule has 2 aromatic rings. The lowest BCUT2D eigenvalue weighted by molar-refractivity contribution is -0.129. The van der Waals surface area contributed by atoms with Gasteiger partial charge in [-0.3, -0.25) is 9.10 Å². The zero-order valence-electron chi connectivity index (χ0n) is 19.1.